The minimum absolute atomic E-state index is 0.0536. The van der Waals surface area contributed by atoms with Crippen LogP contribution < -0.4 is 0 Å². The van der Waals surface area contributed by atoms with Crippen molar-refractivity contribution in [1.82, 2.24) is 9.80 Å². The number of nitrogens with zero attached hydrogens (tertiary/aromatic N) is 2. The maximum absolute atomic E-state index is 12.1. The van der Waals surface area contributed by atoms with Crippen molar-refractivity contribution in [3.63, 3.8) is 0 Å². The van der Waals surface area contributed by atoms with Crippen LogP contribution in [0.4, 0.5) is 0 Å². The van der Waals surface area contributed by atoms with E-state index in [2.05, 4.69) is 0 Å². The second-order valence-electron chi connectivity index (χ2n) is 6.09. The molecule has 102 valence electrons. The van der Waals surface area contributed by atoms with Gasteiger partial charge in [-0.2, -0.15) is 0 Å². The van der Waals surface area contributed by atoms with Crippen molar-refractivity contribution in [2.24, 2.45) is 5.41 Å². The van der Waals surface area contributed by atoms with Crippen molar-refractivity contribution >= 4 is 11.8 Å². The van der Waals surface area contributed by atoms with Crippen molar-refractivity contribution in [2.75, 3.05) is 26.2 Å². The number of hydrogen-bond donors (Lipinski definition) is 0. The monoisotopic (exact) mass is 252 g/mol. The quantitative estimate of drug-likeness (QED) is 0.666. The third kappa shape index (κ3) is 3.86. The summed E-state index contributed by atoms with van der Waals surface area (Å²) >= 11 is 0. The highest BCUT2D eigenvalue weighted by atomic mass is 16.2. The number of carbonyl (C=O) groups is 2. The van der Waals surface area contributed by atoms with Gasteiger partial charge >= 0.3 is 0 Å². The van der Waals surface area contributed by atoms with Crippen LogP contribution in [0.3, 0.4) is 0 Å². The van der Waals surface area contributed by atoms with Gasteiger partial charge in [-0.3, -0.25) is 9.59 Å². The molecule has 1 rings (SSSR count). The number of allylic oxidation sites excluding steroid dienone is 1. The Hall–Kier alpha value is -1.32. The van der Waals surface area contributed by atoms with Crippen LogP contribution in [-0.2, 0) is 9.59 Å². The Morgan fingerprint density at radius 1 is 0.944 bits per heavy atom. The van der Waals surface area contributed by atoms with Crippen LogP contribution in [0, 0.1) is 5.41 Å². The minimum atomic E-state index is -0.341. The summed E-state index contributed by atoms with van der Waals surface area (Å²) in [6, 6.07) is 0. The Morgan fingerprint density at radius 3 is 1.78 bits per heavy atom. The van der Waals surface area contributed by atoms with Gasteiger partial charge in [-0.25, -0.2) is 0 Å². The molecule has 1 aliphatic heterocycles. The molecule has 0 bridgehead atoms. The number of hydrogen-bond acceptors (Lipinski definition) is 2. The Balaban J connectivity index is 2.54. The predicted molar refractivity (Wildman–Crippen MR) is 72.0 cm³/mol. The summed E-state index contributed by atoms with van der Waals surface area (Å²) in [5, 5.41) is 0. The zero-order valence-corrected chi connectivity index (χ0v) is 12.1. The topological polar surface area (TPSA) is 40.6 Å². The summed E-state index contributed by atoms with van der Waals surface area (Å²) < 4.78 is 0. The lowest BCUT2D eigenvalue weighted by Crippen LogP contribution is -2.52. The molecule has 0 aromatic heterocycles. The van der Waals surface area contributed by atoms with Crippen molar-refractivity contribution in [2.45, 2.75) is 34.6 Å². The summed E-state index contributed by atoms with van der Waals surface area (Å²) in [7, 11) is 0. The molecule has 0 aromatic rings. The molecule has 1 aliphatic rings. The van der Waals surface area contributed by atoms with Crippen LogP contribution in [-0.4, -0.2) is 47.8 Å². The summed E-state index contributed by atoms with van der Waals surface area (Å²) in [5.41, 5.74) is 0.666. The van der Waals surface area contributed by atoms with Crippen LogP contribution in [0.2, 0.25) is 0 Å². The van der Waals surface area contributed by atoms with E-state index in [1.807, 2.05) is 39.5 Å². The second-order valence-corrected chi connectivity index (χ2v) is 6.09. The molecule has 0 unspecified atom stereocenters. The molecule has 0 atom stereocenters. The number of amides is 2. The largest absolute Gasteiger partial charge is 0.339 e. The second kappa shape index (κ2) is 5.55. The van der Waals surface area contributed by atoms with E-state index >= 15 is 0 Å². The van der Waals surface area contributed by atoms with E-state index in [0.29, 0.717) is 26.2 Å². The highest BCUT2D eigenvalue weighted by Gasteiger charge is 2.30. The molecule has 0 N–H and O–H groups in total. The first kappa shape index (κ1) is 14.7. The zero-order valence-electron chi connectivity index (χ0n) is 12.1. The normalized spacial score (nSPS) is 16.5. The zero-order chi connectivity index (χ0) is 13.9. The highest BCUT2D eigenvalue weighted by Crippen LogP contribution is 2.18. The minimum Gasteiger partial charge on any atom is -0.339 e. The molecule has 4 heteroatoms. The standard InChI is InChI=1S/C14H24N2O2/c1-11(2)10-12(17)15-6-8-16(9-7-15)13(18)14(3,4)5/h10H,6-9H2,1-5H3. The van der Waals surface area contributed by atoms with Gasteiger partial charge in [0.1, 0.15) is 0 Å². The van der Waals surface area contributed by atoms with Gasteiger partial charge in [0.2, 0.25) is 11.8 Å². The van der Waals surface area contributed by atoms with E-state index in [1.165, 1.54) is 0 Å². The molecule has 0 radical (unpaired) electrons. The van der Waals surface area contributed by atoms with Crippen LogP contribution in [0.5, 0.6) is 0 Å². The fourth-order valence-electron chi connectivity index (χ4n) is 1.94. The number of piperazine rings is 1. The molecule has 0 aromatic carbocycles. The van der Waals surface area contributed by atoms with Crippen LogP contribution in [0.1, 0.15) is 34.6 Å². The van der Waals surface area contributed by atoms with Gasteiger partial charge in [0.25, 0.3) is 0 Å². The smallest absolute Gasteiger partial charge is 0.246 e. The third-order valence-corrected chi connectivity index (χ3v) is 2.93. The number of carbonyl (C=O) groups excluding carboxylic acids is 2. The first-order valence-electron chi connectivity index (χ1n) is 6.45. The van der Waals surface area contributed by atoms with Gasteiger partial charge in [-0.1, -0.05) is 26.3 Å². The first-order valence-corrected chi connectivity index (χ1v) is 6.45. The maximum atomic E-state index is 12.1. The Labute approximate surface area is 110 Å². The lowest BCUT2D eigenvalue weighted by atomic mass is 9.94. The summed E-state index contributed by atoms with van der Waals surface area (Å²) in [6.45, 7) is 12.1. The van der Waals surface area contributed by atoms with Crippen molar-refractivity contribution in [3.8, 4) is 0 Å². The maximum Gasteiger partial charge on any atom is 0.246 e. The Kier molecular flexibility index (Phi) is 4.54. The van der Waals surface area contributed by atoms with Crippen LogP contribution in [0.25, 0.3) is 0 Å². The van der Waals surface area contributed by atoms with Gasteiger partial charge in [-0.15, -0.1) is 0 Å². The molecule has 0 aliphatic carbocycles. The first-order chi connectivity index (χ1) is 8.21. The van der Waals surface area contributed by atoms with Gasteiger partial charge in [0.15, 0.2) is 0 Å². The Bertz CT molecular complexity index is 354. The highest BCUT2D eigenvalue weighted by molar-refractivity contribution is 5.88. The third-order valence-electron chi connectivity index (χ3n) is 2.93. The number of rotatable bonds is 1. The molecular formula is C14H24N2O2. The SMILES string of the molecule is CC(C)=CC(=O)N1CCN(C(=O)C(C)(C)C)CC1. The molecule has 0 spiro atoms. The van der Waals surface area contributed by atoms with Crippen molar-refractivity contribution in [1.29, 1.82) is 0 Å². The van der Waals surface area contributed by atoms with Gasteiger partial charge in [0.05, 0.1) is 0 Å². The fraction of sp³-hybridized carbons (Fsp3) is 0.714. The van der Waals surface area contributed by atoms with E-state index in [1.54, 1.807) is 11.0 Å². The van der Waals surface area contributed by atoms with E-state index < -0.39 is 0 Å². The van der Waals surface area contributed by atoms with Gasteiger partial charge < -0.3 is 9.80 Å². The molecular weight excluding hydrogens is 228 g/mol. The predicted octanol–water partition coefficient (Wildman–Crippen LogP) is 1.67. The molecule has 1 fully saturated rings. The fourth-order valence-corrected chi connectivity index (χ4v) is 1.94. The van der Waals surface area contributed by atoms with Gasteiger partial charge in [0, 0.05) is 37.7 Å². The molecule has 1 heterocycles. The van der Waals surface area contributed by atoms with Crippen LogP contribution in [0.15, 0.2) is 11.6 Å². The summed E-state index contributed by atoms with van der Waals surface area (Å²) in [4.78, 5) is 27.6. The van der Waals surface area contributed by atoms with Crippen molar-refractivity contribution in [3.05, 3.63) is 11.6 Å². The molecule has 0 saturated carbocycles. The Morgan fingerprint density at radius 2 is 1.39 bits per heavy atom. The average Bonchev–Trinajstić information content (AvgIpc) is 2.26. The van der Waals surface area contributed by atoms with E-state index in [-0.39, 0.29) is 17.2 Å². The molecule has 4 nitrogen and oxygen atoms in total. The lowest BCUT2D eigenvalue weighted by Gasteiger charge is -2.37. The van der Waals surface area contributed by atoms with Crippen LogP contribution >= 0.6 is 0 Å². The summed E-state index contributed by atoms with van der Waals surface area (Å²) in [5.74, 6) is 0.217. The van der Waals surface area contributed by atoms with E-state index in [0.717, 1.165) is 5.57 Å². The van der Waals surface area contributed by atoms with E-state index in [9.17, 15) is 9.59 Å². The molecule has 2 amide bonds. The van der Waals surface area contributed by atoms with Gasteiger partial charge in [-0.05, 0) is 13.8 Å². The van der Waals surface area contributed by atoms with Crippen molar-refractivity contribution < 1.29 is 9.59 Å². The molecule has 18 heavy (non-hydrogen) atoms. The average molecular weight is 252 g/mol. The summed E-state index contributed by atoms with van der Waals surface area (Å²) in [6.07, 6.45) is 1.65. The molecule has 1 saturated heterocycles. The van der Waals surface area contributed by atoms with E-state index in [4.69, 9.17) is 0 Å². The lowest BCUT2D eigenvalue weighted by molar-refractivity contribution is -0.143.